The minimum Gasteiger partial charge on any atom is -0.366 e. The zero-order valence-corrected chi connectivity index (χ0v) is 17.8. The molecule has 2 amide bonds. The first kappa shape index (κ1) is 20.2. The van der Waals surface area contributed by atoms with Gasteiger partial charge in [0.15, 0.2) is 0 Å². The standard InChI is InChI=1S/C25H29N3O3/c29-24(28-12-5-9-20-7-3-4-10-22(20)28)18-26-14-15-31-23(17-26)25(30)27-13-11-19-6-1-2-8-21(19)16-27/h1-4,6-8,10,23H,5,9,11-18H2. The molecule has 2 aromatic rings. The average Bonchev–Trinajstić information content (AvgIpc) is 2.83. The van der Waals surface area contributed by atoms with Crippen molar-refractivity contribution in [1.29, 1.82) is 0 Å². The molecule has 3 aliphatic rings. The number of ether oxygens (including phenoxy) is 1. The molecule has 1 atom stereocenters. The highest BCUT2D eigenvalue weighted by molar-refractivity contribution is 5.96. The molecule has 1 unspecified atom stereocenters. The second kappa shape index (κ2) is 8.81. The molecule has 3 heterocycles. The Kier molecular flexibility index (Phi) is 5.74. The van der Waals surface area contributed by atoms with E-state index < -0.39 is 6.10 Å². The van der Waals surface area contributed by atoms with E-state index in [1.54, 1.807) is 0 Å². The number of hydrogen-bond acceptors (Lipinski definition) is 4. The number of carbonyl (C=O) groups is 2. The summed E-state index contributed by atoms with van der Waals surface area (Å²) in [4.78, 5) is 32.1. The van der Waals surface area contributed by atoms with E-state index in [1.165, 1.54) is 16.7 Å². The van der Waals surface area contributed by atoms with Gasteiger partial charge in [0.1, 0.15) is 6.10 Å². The number of hydrogen-bond donors (Lipinski definition) is 0. The minimum atomic E-state index is -0.500. The van der Waals surface area contributed by atoms with Crippen LogP contribution in [0.3, 0.4) is 0 Å². The molecule has 0 aromatic heterocycles. The van der Waals surface area contributed by atoms with Gasteiger partial charge in [-0.25, -0.2) is 0 Å². The van der Waals surface area contributed by atoms with Gasteiger partial charge in [-0.05, 0) is 42.0 Å². The number of aryl methyl sites for hydroxylation is 1. The molecule has 2 aromatic carbocycles. The van der Waals surface area contributed by atoms with Crippen molar-refractivity contribution >= 4 is 17.5 Å². The summed E-state index contributed by atoms with van der Waals surface area (Å²) in [5, 5.41) is 0. The monoisotopic (exact) mass is 419 g/mol. The summed E-state index contributed by atoms with van der Waals surface area (Å²) in [7, 11) is 0. The zero-order chi connectivity index (χ0) is 21.2. The van der Waals surface area contributed by atoms with Crippen LogP contribution in [-0.2, 0) is 33.7 Å². The predicted octanol–water partition coefficient (Wildman–Crippen LogP) is 2.25. The molecule has 5 rings (SSSR count). The SMILES string of the molecule is O=C(C1CN(CC(=O)N2CCCc3ccccc32)CCO1)N1CCc2ccccc2C1. The summed E-state index contributed by atoms with van der Waals surface area (Å²) < 4.78 is 5.84. The first-order valence-corrected chi connectivity index (χ1v) is 11.3. The second-order valence-corrected chi connectivity index (χ2v) is 8.65. The van der Waals surface area contributed by atoms with E-state index >= 15 is 0 Å². The fourth-order valence-corrected chi connectivity index (χ4v) is 4.95. The van der Waals surface area contributed by atoms with Gasteiger partial charge in [-0.1, -0.05) is 42.5 Å². The number of benzene rings is 2. The summed E-state index contributed by atoms with van der Waals surface area (Å²) in [6.45, 7) is 4.06. The van der Waals surface area contributed by atoms with Crippen LogP contribution in [-0.4, -0.2) is 67.0 Å². The van der Waals surface area contributed by atoms with Gasteiger partial charge in [0.05, 0.1) is 13.2 Å². The van der Waals surface area contributed by atoms with Crippen LogP contribution in [0, 0.1) is 0 Å². The number of anilines is 1. The molecule has 0 aliphatic carbocycles. The molecule has 0 N–H and O–H groups in total. The van der Waals surface area contributed by atoms with E-state index in [4.69, 9.17) is 4.74 Å². The van der Waals surface area contributed by atoms with E-state index in [9.17, 15) is 9.59 Å². The van der Waals surface area contributed by atoms with Crippen molar-refractivity contribution in [1.82, 2.24) is 9.80 Å². The van der Waals surface area contributed by atoms with Crippen LogP contribution in [0.5, 0.6) is 0 Å². The van der Waals surface area contributed by atoms with E-state index in [2.05, 4.69) is 29.2 Å². The van der Waals surface area contributed by atoms with Crippen molar-refractivity contribution < 1.29 is 14.3 Å². The summed E-state index contributed by atoms with van der Waals surface area (Å²) in [6.07, 6.45) is 2.39. The Morgan fingerprint density at radius 1 is 0.903 bits per heavy atom. The van der Waals surface area contributed by atoms with E-state index in [0.29, 0.717) is 32.8 Å². The van der Waals surface area contributed by atoms with Crippen molar-refractivity contribution in [3.63, 3.8) is 0 Å². The highest BCUT2D eigenvalue weighted by Crippen LogP contribution is 2.27. The lowest BCUT2D eigenvalue weighted by Crippen LogP contribution is -2.54. The molecule has 6 heteroatoms. The molecule has 1 saturated heterocycles. The molecule has 1 fully saturated rings. The molecule has 162 valence electrons. The van der Waals surface area contributed by atoms with Gasteiger partial charge in [0.2, 0.25) is 5.91 Å². The largest absolute Gasteiger partial charge is 0.366 e. The zero-order valence-electron chi connectivity index (χ0n) is 17.8. The lowest BCUT2D eigenvalue weighted by molar-refractivity contribution is -0.151. The highest BCUT2D eigenvalue weighted by Gasteiger charge is 2.33. The number of rotatable bonds is 3. The normalized spacial score (nSPS) is 21.4. The molecular weight excluding hydrogens is 390 g/mol. The topological polar surface area (TPSA) is 53.1 Å². The van der Waals surface area contributed by atoms with E-state index in [-0.39, 0.29) is 11.8 Å². The van der Waals surface area contributed by atoms with Gasteiger partial charge in [0.25, 0.3) is 5.91 Å². The van der Waals surface area contributed by atoms with Gasteiger partial charge in [-0.2, -0.15) is 0 Å². The summed E-state index contributed by atoms with van der Waals surface area (Å²) in [6, 6.07) is 16.5. The summed E-state index contributed by atoms with van der Waals surface area (Å²) in [5.41, 5.74) is 4.81. The molecule has 0 saturated carbocycles. The van der Waals surface area contributed by atoms with Gasteiger partial charge in [0, 0.05) is 38.4 Å². The van der Waals surface area contributed by atoms with Crippen molar-refractivity contribution in [3.8, 4) is 0 Å². The van der Waals surface area contributed by atoms with Crippen LogP contribution in [0.25, 0.3) is 0 Å². The molecule has 31 heavy (non-hydrogen) atoms. The van der Waals surface area contributed by atoms with Crippen LogP contribution in [0.1, 0.15) is 23.1 Å². The first-order valence-electron chi connectivity index (χ1n) is 11.3. The lowest BCUT2D eigenvalue weighted by Gasteiger charge is -2.37. The van der Waals surface area contributed by atoms with Crippen LogP contribution in [0.15, 0.2) is 48.5 Å². The number of morpholine rings is 1. The maximum absolute atomic E-state index is 13.1. The Hall–Kier alpha value is -2.70. The van der Waals surface area contributed by atoms with Crippen LogP contribution >= 0.6 is 0 Å². The minimum absolute atomic E-state index is 0.0370. The number of fused-ring (bicyclic) bond motifs is 2. The quantitative estimate of drug-likeness (QED) is 0.766. The Labute approximate surface area is 183 Å². The highest BCUT2D eigenvalue weighted by atomic mass is 16.5. The third-order valence-corrected chi connectivity index (χ3v) is 6.64. The van der Waals surface area contributed by atoms with Crippen LogP contribution in [0.2, 0.25) is 0 Å². The van der Waals surface area contributed by atoms with Gasteiger partial charge in [-0.15, -0.1) is 0 Å². The van der Waals surface area contributed by atoms with Crippen LogP contribution in [0.4, 0.5) is 5.69 Å². The summed E-state index contributed by atoms with van der Waals surface area (Å²) >= 11 is 0. The number of para-hydroxylation sites is 1. The maximum Gasteiger partial charge on any atom is 0.253 e. The molecule has 0 spiro atoms. The predicted molar refractivity (Wildman–Crippen MR) is 119 cm³/mol. The third kappa shape index (κ3) is 4.23. The molecule has 3 aliphatic heterocycles. The van der Waals surface area contributed by atoms with Crippen molar-refractivity contribution in [2.45, 2.75) is 31.9 Å². The Morgan fingerprint density at radius 2 is 1.68 bits per heavy atom. The fraction of sp³-hybridized carbons (Fsp3) is 0.440. The number of nitrogens with zero attached hydrogens (tertiary/aromatic N) is 3. The molecule has 0 bridgehead atoms. The number of amides is 2. The van der Waals surface area contributed by atoms with Gasteiger partial charge >= 0.3 is 0 Å². The Bertz CT molecular complexity index is 976. The number of carbonyl (C=O) groups excluding carboxylic acids is 2. The smallest absolute Gasteiger partial charge is 0.253 e. The second-order valence-electron chi connectivity index (χ2n) is 8.65. The Balaban J connectivity index is 1.21. The summed E-state index contributed by atoms with van der Waals surface area (Å²) in [5.74, 6) is 0.141. The fourth-order valence-electron chi connectivity index (χ4n) is 4.95. The van der Waals surface area contributed by atoms with E-state index in [1.807, 2.05) is 34.1 Å². The Morgan fingerprint density at radius 3 is 2.55 bits per heavy atom. The van der Waals surface area contributed by atoms with Crippen LogP contribution < -0.4 is 4.90 Å². The lowest BCUT2D eigenvalue weighted by atomic mass is 9.99. The van der Waals surface area contributed by atoms with Crippen molar-refractivity contribution in [2.24, 2.45) is 0 Å². The van der Waals surface area contributed by atoms with Crippen molar-refractivity contribution in [3.05, 3.63) is 65.2 Å². The van der Waals surface area contributed by atoms with Crippen molar-refractivity contribution in [2.75, 3.05) is 44.2 Å². The van der Waals surface area contributed by atoms with Gasteiger partial charge in [-0.3, -0.25) is 14.5 Å². The maximum atomic E-state index is 13.1. The average molecular weight is 420 g/mol. The first-order chi connectivity index (χ1) is 15.2. The molecule has 0 radical (unpaired) electrons. The third-order valence-electron chi connectivity index (χ3n) is 6.64. The molecular formula is C25H29N3O3. The molecule has 6 nitrogen and oxygen atoms in total. The van der Waals surface area contributed by atoms with Gasteiger partial charge < -0.3 is 14.5 Å². The van der Waals surface area contributed by atoms with E-state index in [0.717, 1.165) is 38.0 Å².